The average molecular weight is 440 g/mol. The zero-order valence-electron chi connectivity index (χ0n) is 14.8. The summed E-state index contributed by atoms with van der Waals surface area (Å²) in [6.07, 6.45) is -4.74. The second-order valence-electron chi connectivity index (χ2n) is 5.91. The Kier molecular flexibility index (Phi) is 5.99. The number of aryl methyl sites for hydroxylation is 1. The molecule has 0 fully saturated rings. The van der Waals surface area contributed by atoms with Gasteiger partial charge in [0, 0.05) is 10.5 Å². The molecule has 3 rings (SSSR count). The molecule has 0 aliphatic carbocycles. The first kappa shape index (κ1) is 20.9. The Labute approximate surface area is 173 Å². The molecule has 0 saturated heterocycles. The number of benzene rings is 2. The smallest absolute Gasteiger partial charge is 0.421 e. The highest BCUT2D eigenvalue weighted by molar-refractivity contribution is 8.00. The molecule has 2 N–H and O–H groups in total. The number of carbonyl (C=O) groups is 1. The maximum atomic E-state index is 13.6. The lowest BCUT2D eigenvalue weighted by molar-refractivity contribution is -0.137. The predicted molar refractivity (Wildman–Crippen MR) is 105 cm³/mol. The average Bonchev–Trinajstić information content (AvgIpc) is 2.65. The van der Waals surface area contributed by atoms with Crippen molar-refractivity contribution in [3.05, 3.63) is 70.4 Å². The van der Waals surface area contributed by atoms with E-state index in [1.165, 1.54) is 18.2 Å². The van der Waals surface area contributed by atoms with Gasteiger partial charge in [0.15, 0.2) is 0 Å². The number of aromatic carboxylic acids is 1. The van der Waals surface area contributed by atoms with Crippen LogP contribution in [0.25, 0.3) is 11.3 Å². The molecule has 1 heterocycles. The first-order valence-electron chi connectivity index (χ1n) is 8.14. The summed E-state index contributed by atoms with van der Waals surface area (Å²) in [4.78, 5) is 19.3. The van der Waals surface area contributed by atoms with Crippen LogP contribution in [0.15, 0.2) is 53.4 Å². The number of aromatic nitrogens is 2. The number of nitrogens with zero attached hydrogens (tertiary/aromatic N) is 2. The maximum absolute atomic E-state index is 13.6. The molecule has 0 spiro atoms. The molecule has 0 amide bonds. The van der Waals surface area contributed by atoms with Crippen molar-refractivity contribution in [2.75, 3.05) is 4.72 Å². The molecule has 2 aromatic carbocycles. The van der Waals surface area contributed by atoms with Crippen LogP contribution in [0.1, 0.15) is 21.5 Å². The van der Waals surface area contributed by atoms with Gasteiger partial charge in [-0.3, -0.25) is 4.72 Å². The minimum atomic E-state index is -4.74. The number of anilines is 1. The second-order valence-corrected chi connectivity index (χ2v) is 7.15. The van der Waals surface area contributed by atoms with Crippen molar-refractivity contribution >= 4 is 35.5 Å². The largest absolute Gasteiger partial charge is 0.478 e. The fraction of sp³-hybridized carbons (Fsp3) is 0.105. The lowest BCUT2D eigenvalue weighted by Crippen LogP contribution is -2.12. The van der Waals surface area contributed by atoms with Crippen molar-refractivity contribution in [3.63, 3.8) is 0 Å². The fourth-order valence-electron chi connectivity index (χ4n) is 2.56. The van der Waals surface area contributed by atoms with E-state index >= 15 is 0 Å². The van der Waals surface area contributed by atoms with Gasteiger partial charge in [-0.25, -0.2) is 9.78 Å². The summed E-state index contributed by atoms with van der Waals surface area (Å²) in [5, 5.41) is 8.32. The Morgan fingerprint density at radius 1 is 1.14 bits per heavy atom. The van der Waals surface area contributed by atoms with Gasteiger partial charge in [0.2, 0.25) is 5.95 Å². The number of hydrogen-bond donors (Lipinski definition) is 2. The molecular weight excluding hydrogens is 427 g/mol. The first-order chi connectivity index (χ1) is 13.7. The Morgan fingerprint density at radius 3 is 2.52 bits per heavy atom. The van der Waals surface area contributed by atoms with Gasteiger partial charge in [-0.05, 0) is 42.6 Å². The van der Waals surface area contributed by atoms with Gasteiger partial charge in [0.25, 0.3) is 0 Å². The van der Waals surface area contributed by atoms with E-state index < -0.39 is 22.9 Å². The van der Waals surface area contributed by atoms with Crippen LogP contribution in [-0.2, 0) is 6.18 Å². The van der Waals surface area contributed by atoms with E-state index in [1.54, 1.807) is 37.3 Å². The van der Waals surface area contributed by atoms with Gasteiger partial charge >= 0.3 is 12.1 Å². The van der Waals surface area contributed by atoms with Crippen LogP contribution in [0.3, 0.4) is 0 Å². The van der Waals surface area contributed by atoms with E-state index in [1.807, 2.05) is 0 Å². The summed E-state index contributed by atoms with van der Waals surface area (Å²) in [5.41, 5.74) is -0.496. The van der Waals surface area contributed by atoms with Crippen LogP contribution in [-0.4, -0.2) is 21.0 Å². The van der Waals surface area contributed by atoms with Crippen molar-refractivity contribution in [3.8, 4) is 11.3 Å². The summed E-state index contributed by atoms with van der Waals surface area (Å²) in [6.45, 7) is 1.67. The number of hydrogen-bond acceptors (Lipinski definition) is 5. The van der Waals surface area contributed by atoms with E-state index in [9.17, 15) is 18.0 Å². The van der Waals surface area contributed by atoms with Gasteiger partial charge in [-0.15, -0.1) is 0 Å². The number of alkyl halides is 3. The topological polar surface area (TPSA) is 75.1 Å². The molecular formula is C19H13ClF3N3O2S. The number of carboxylic acids is 1. The summed E-state index contributed by atoms with van der Waals surface area (Å²) >= 11 is 6.83. The highest BCUT2D eigenvalue weighted by Crippen LogP contribution is 2.41. The normalized spacial score (nSPS) is 11.3. The zero-order valence-corrected chi connectivity index (χ0v) is 16.4. The van der Waals surface area contributed by atoms with Crippen LogP contribution in [0.4, 0.5) is 19.1 Å². The third-order valence-electron chi connectivity index (χ3n) is 3.89. The van der Waals surface area contributed by atoms with Gasteiger partial charge < -0.3 is 5.11 Å². The molecule has 0 atom stereocenters. The van der Waals surface area contributed by atoms with Crippen molar-refractivity contribution < 1.29 is 23.1 Å². The molecule has 0 unspecified atom stereocenters. The van der Waals surface area contributed by atoms with E-state index in [4.69, 9.17) is 16.7 Å². The van der Waals surface area contributed by atoms with Crippen molar-refractivity contribution in [1.82, 2.24) is 9.97 Å². The summed E-state index contributed by atoms with van der Waals surface area (Å²) in [6, 6.07) is 12.5. The lowest BCUT2D eigenvalue weighted by Gasteiger charge is -2.16. The molecule has 1 aromatic heterocycles. The van der Waals surface area contributed by atoms with Crippen LogP contribution >= 0.6 is 23.5 Å². The standard InChI is InChI=1S/C19H13ClF3N3O2S/c1-10-5-2-3-8-13(10)15-14(19(21,22)23)16(20)25-18(24-15)26-29-12-7-4-6-11(9-12)17(27)28/h2-9H,1H3,(H,27,28)(H,24,25,26). The second kappa shape index (κ2) is 8.30. The monoisotopic (exact) mass is 439 g/mol. The minimum Gasteiger partial charge on any atom is -0.478 e. The minimum absolute atomic E-state index is 0.0729. The van der Waals surface area contributed by atoms with Crippen molar-refractivity contribution in [2.24, 2.45) is 0 Å². The van der Waals surface area contributed by atoms with E-state index in [0.29, 0.717) is 10.5 Å². The van der Waals surface area contributed by atoms with Crippen LogP contribution in [0.5, 0.6) is 0 Å². The van der Waals surface area contributed by atoms with Gasteiger partial charge in [0.05, 0.1) is 11.3 Å². The van der Waals surface area contributed by atoms with Crippen molar-refractivity contribution in [1.29, 1.82) is 0 Å². The van der Waals surface area contributed by atoms with E-state index in [-0.39, 0.29) is 22.8 Å². The van der Waals surface area contributed by atoms with Crippen molar-refractivity contribution in [2.45, 2.75) is 18.0 Å². The number of carboxylic acid groups (broad SMARTS) is 1. The molecule has 3 aromatic rings. The number of rotatable bonds is 5. The number of halogens is 4. The highest BCUT2D eigenvalue weighted by Gasteiger charge is 2.39. The molecule has 5 nitrogen and oxygen atoms in total. The third kappa shape index (κ3) is 4.80. The summed E-state index contributed by atoms with van der Waals surface area (Å²) in [5.74, 6) is -1.23. The molecule has 0 aliphatic heterocycles. The number of nitrogens with one attached hydrogen (secondary N) is 1. The quantitative estimate of drug-likeness (QED) is 0.378. The molecule has 29 heavy (non-hydrogen) atoms. The van der Waals surface area contributed by atoms with Gasteiger partial charge in [0.1, 0.15) is 10.7 Å². The molecule has 0 saturated carbocycles. The molecule has 0 aliphatic rings. The molecule has 0 radical (unpaired) electrons. The molecule has 10 heteroatoms. The zero-order chi connectivity index (χ0) is 21.2. The Morgan fingerprint density at radius 2 is 1.86 bits per heavy atom. The van der Waals surface area contributed by atoms with Crippen LogP contribution in [0.2, 0.25) is 5.15 Å². The fourth-order valence-corrected chi connectivity index (χ4v) is 3.47. The third-order valence-corrected chi connectivity index (χ3v) is 4.94. The first-order valence-corrected chi connectivity index (χ1v) is 9.33. The molecule has 0 bridgehead atoms. The molecule has 150 valence electrons. The Balaban J connectivity index is 2.00. The highest BCUT2D eigenvalue weighted by atomic mass is 35.5. The van der Waals surface area contributed by atoms with E-state index in [0.717, 1.165) is 11.9 Å². The van der Waals surface area contributed by atoms with Crippen LogP contribution < -0.4 is 4.72 Å². The van der Waals surface area contributed by atoms with E-state index in [2.05, 4.69) is 14.7 Å². The van der Waals surface area contributed by atoms with Gasteiger partial charge in [-0.1, -0.05) is 41.9 Å². The summed E-state index contributed by atoms with van der Waals surface area (Å²) < 4.78 is 43.5. The van der Waals surface area contributed by atoms with Gasteiger partial charge in [-0.2, -0.15) is 18.2 Å². The van der Waals surface area contributed by atoms with Crippen LogP contribution in [0, 0.1) is 6.92 Å². The lowest BCUT2D eigenvalue weighted by atomic mass is 10.0. The maximum Gasteiger partial charge on any atom is 0.421 e. The predicted octanol–water partition coefficient (Wildman–Crippen LogP) is 5.94. The summed E-state index contributed by atoms with van der Waals surface area (Å²) in [7, 11) is 0. The Hall–Kier alpha value is -2.78. The Bertz CT molecular complexity index is 1080. The SMILES string of the molecule is Cc1ccccc1-c1nc(NSc2cccc(C(=O)O)c2)nc(Cl)c1C(F)(F)F.